The third-order valence-corrected chi connectivity index (χ3v) is 4.63. The summed E-state index contributed by atoms with van der Waals surface area (Å²) in [6.45, 7) is 0. The molecule has 3 aromatic rings. The highest BCUT2D eigenvalue weighted by atomic mass is 35.5. The molecule has 0 unspecified atom stereocenters. The van der Waals surface area contributed by atoms with Gasteiger partial charge in [0.05, 0.1) is 33.7 Å². The maximum atomic E-state index is 12.9. The van der Waals surface area contributed by atoms with Crippen molar-refractivity contribution in [1.82, 2.24) is 15.1 Å². The topological polar surface area (TPSA) is 93.1 Å². The number of hydrogen-bond donors (Lipinski definition) is 2. The van der Waals surface area contributed by atoms with Gasteiger partial charge in [-0.3, -0.25) is 14.9 Å². The number of carbonyl (C=O) groups is 2. The molecule has 160 valence electrons. The average molecular weight is 471 g/mol. The summed E-state index contributed by atoms with van der Waals surface area (Å²) in [5.41, 5.74) is -2.33. The van der Waals surface area contributed by atoms with Crippen LogP contribution in [0, 0.1) is 0 Å². The summed E-state index contributed by atoms with van der Waals surface area (Å²) in [4.78, 5) is 36.6. The molecule has 0 aliphatic heterocycles. The summed E-state index contributed by atoms with van der Waals surface area (Å²) >= 11 is 11.8. The number of alkyl halides is 3. The Hall–Kier alpha value is -3.37. The van der Waals surface area contributed by atoms with E-state index in [9.17, 15) is 27.6 Å². The summed E-state index contributed by atoms with van der Waals surface area (Å²) in [5.74, 6) is -0.801. The first-order valence-electron chi connectivity index (χ1n) is 8.40. The van der Waals surface area contributed by atoms with Crippen LogP contribution in [0.15, 0.2) is 59.5 Å². The van der Waals surface area contributed by atoms with Gasteiger partial charge in [-0.25, -0.2) is 4.79 Å². The number of imide groups is 1. The Labute approximate surface area is 182 Å². The van der Waals surface area contributed by atoms with E-state index >= 15 is 0 Å². The minimum absolute atomic E-state index is 0.0449. The van der Waals surface area contributed by atoms with Gasteiger partial charge in [0.1, 0.15) is 5.02 Å². The maximum Gasteiger partial charge on any atom is 0.416 e. The van der Waals surface area contributed by atoms with Gasteiger partial charge in [0, 0.05) is 0 Å². The van der Waals surface area contributed by atoms with Crippen molar-refractivity contribution >= 4 is 40.8 Å². The van der Waals surface area contributed by atoms with E-state index in [0.29, 0.717) is 4.68 Å². The molecule has 0 aliphatic carbocycles. The predicted molar refractivity (Wildman–Crippen MR) is 108 cm³/mol. The van der Waals surface area contributed by atoms with Gasteiger partial charge in [0.2, 0.25) is 0 Å². The van der Waals surface area contributed by atoms with E-state index in [1.807, 2.05) is 5.32 Å². The molecule has 3 rings (SSSR count). The fourth-order valence-electron chi connectivity index (χ4n) is 2.49. The van der Waals surface area contributed by atoms with E-state index in [4.69, 9.17) is 23.2 Å². The Morgan fingerprint density at radius 1 is 1.03 bits per heavy atom. The molecule has 2 N–H and O–H groups in total. The molecule has 7 nitrogen and oxygen atoms in total. The summed E-state index contributed by atoms with van der Waals surface area (Å²) < 4.78 is 39.3. The fourth-order valence-corrected chi connectivity index (χ4v) is 2.88. The number of anilines is 1. The molecule has 0 saturated carbocycles. The van der Waals surface area contributed by atoms with Gasteiger partial charge in [-0.2, -0.15) is 23.0 Å². The van der Waals surface area contributed by atoms with Crippen LogP contribution < -0.4 is 16.2 Å². The zero-order chi connectivity index (χ0) is 22.8. The van der Waals surface area contributed by atoms with Gasteiger partial charge >= 0.3 is 12.2 Å². The summed E-state index contributed by atoms with van der Waals surface area (Å²) in [7, 11) is 0. The zero-order valence-electron chi connectivity index (χ0n) is 15.2. The highest BCUT2D eigenvalue weighted by Crippen LogP contribution is 2.30. The lowest BCUT2D eigenvalue weighted by atomic mass is 10.2. The lowest BCUT2D eigenvalue weighted by molar-refractivity contribution is -0.137. The molecule has 31 heavy (non-hydrogen) atoms. The predicted octanol–water partition coefficient (Wildman–Crippen LogP) is 4.52. The minimum Gasteiger partial charge on any atom is -0.305 e. The maximum absolute atomic E-state index is 12.9. The molecule has 0 radical (unpaired) electrons. The first-order valence-corrected chi connectivity index (χ1v) is 9.16. The van der Waals surface area contributed by atoms with Crippen molar-refractivity contribution in [3.05, 3.63) is 86.3 Å². The third-order valence-electron chi connectivity index (χ3n) is 3.93. The highest BCUT2D eigenvalue weighted by molar-refractivity contribution is 6.34. The molecular weight excluding hydrogens is 460 g/mol. The molecule has 1 aromatic heterocycles. The second kappa shape index (κ2) is 8.78. The molecule has 2 aromatic carbocycles. The third kappa shape index (κ3) is 5.04. The second-order valence-corrected chi connectivity index (χ2v) is 6.81. The van der Waals surface area contributed by atoms with Crippen LogP contribution >= 0.6 is 23.2 Å². The number of amides is 3. The zero-order valence-corrected chi connectivity index (χ0v) is 16.7. The van der Waals surface area contributed by atoms with Crippen LogP contribution in [0.2, 0.25) is 10.0 Å². The molecule has 3 amide bonds. The standard InChI is InChI=1S/C19H11Cl2F3N4O3/c20-13-7-2-1-6-12(13)16(29)27-18(31)26-14-9-25-28(17(30)15(14)21)11-5-3-4-10(8-11)19(22,23)24/h1-9H,(H2,26,27,29,31). The lowest BCUT2D eigenvalue weighted by Gasteiger charge is -2.12. The number of aromatic nitrogens is 2. The lowest BCUT2D eigenvalue weighted by Crippen LogP contribution is -2.35. The van der Waals surface area contributed by atoms with Crippen molar-refractivity contribution in [2.24, 2.45) is 0 Å². The van der Waals surface area contributed by atoms with Crippen LogP contribution in [0.5, 0.6) is 0 Å². The summed E-state index contributed by atoms with van der Waals surface area (Å²) in [5, 5.41) is 7.53. The van der Waals surface area contributed by atoms with E-state index in [1.165, 1.54) is 18.2 Å². The molecule has 0 aliphatic rings. The van der Waals surface area contributed by atoms with E-state index in [-0.39, 0.29) is 22.0 Å². The van der Waals surface area contributed by atoms with Gasteiger partial charge in [-0.15, -0.1) is 0 Å². The van der Waals surface area contributed by atoms with Crippen LogP contribution in [0.3, 0.4) is 0 Å². The second-order valence-electron chi connectivity index (χ2n) is 6.03. The van der Waals surface area contributed by atoms with Gasteiger partial charge in [-0.1, -0.05) is 41.4 Å². The minimum atomic E-state index is -4.61. The van der Waals surface area contributed by atoms with Crippen molar-refractivity contribution in [3.63, 3.8) is 0 Å². The first-order chi connectivity index (χ1) is 14.6. The van der Waals surface area contributed by atoms with Crippen molar-refractivity contribution in [3.8, 4) is 5.69 Å². The first kappa shape index (κ1) is 22.3. The number of urea groups is 1. The molecule has 12 heteroatoms. The van der Waals surface area contributed by atoms with Gasteiger partial charge in [0.15, 0.2) is 0 Å². The van der Waals surface area contributed by atoms with E-state index in [0.717, 1.165) is 24.4 Å². The Morgan fingerprint density at radius 3 is 2.42 bits per heavy atom. The van der Waals surface area contributed by atoms with Gasteiger partial charge < -0.3 is 5.32 Å². The molecule has 0 fully saturated rings. The number of benzene rings is 2. The number of halogens is 5. The molecule has 0 atom stereocenters. The Morgan fingerprint density at radius 2 is 1.74 bits per heavy atom. The molecule has 0 saturated heterocycles. The molecule has 1 heterocycles. The Kier molecular flexibility index (Phi) is 6.32. The van der Waals surface area contributed by atoms with Crippen LogP contribution in [0.1, 0.15) is 15.9 Å². The number of nitrogens with zero attached hydrogens (tertiary/aromatic N) is 2. The van der Waals surface area contributed by atoms with Crippen molar-refractivity contribution in [2.45, 2.75) is 6.18 Å². The fraction of sp³-hybridized carbons (Fsp3) is 0.0526. The SMILES string of the molecule is O=C(NC(=O)c1ccccc1Cl)Nc1cnn(-c2cccc(C(F)(F)F)c2)c(=O)c1Cl. The Bertz CT molecular complexity index is 1230. The highest BCUT2D eigenvalue weighted by Gasteiger charge is 2.30. The van der Waals surface area contributed by atoms with Crippen LogP contribution in [0.4, 0.5) is 23.7 Å². The molecular formula is C19H11Cl2F3N4O3. The summed E-state index contributed by atoms with van der Waals surface area (Å²) in [6.07, 6.45) is -3.65. The number of hydrogen-bond acceptors (Lipinski definition) is 4. The number of nitrogens with one attached hydrogen (secondary N) is 2. The smallest absolute Gasteiger partial charge is 0.305 e. The van der Waals surface area contributed by atoms with Crippen LogP contribution in [-0.2, 0) is 6.18 Å². The van der Waals surface area contributed by atoms with Gasteiger partial charge in [0.25, 0.3) is 11.5 Å². The van der Waals surface area contributed by atoms with E-state index in [2.05, 4.69) is 10.4 Å². The van der Waals surface area contributed by atoms with Crippen molar-refractivity contribution in [2.75, 3.05) is 5.32 Å². The summed E-state index contributed by atoms with van der Waals surface area (Å²) in [6, 6.07) is 8.90. The normalized spacial score (nSPS) is 11.1. The average Bonchev–Trinajstić information content (AvgIpc) is 2.71. The van der Waals surface area contributed by atoms with Crippen molar-refractivity contribution < 1.29 is 22.8 Å². The van der Waals surface area contributed by atoms with Gasteiger partial charge in [-0.05, 0) is 30.3 Å². The van der Waals surface area contributed by atoms with Crippen LogP contribution in [0.25, 0.3) is 5.69 Å². The van der Waals surface area contributed by atoms with E-state index in [1.54, 1.807) is 12.1 Å². The van der Waals surface area contributed by atoms with E-state index < -0.39 is 34.3 Å². The number of carbonyl (C=O) groups excluding carboxylic acids is 2. The monoisotopic (exact) mass is 470 g/mol. The van der Waals surface area contributed by atoms with Crippen molar-refractivity contribution in [1.29, 1.82) is 0 Å². The molecule has 0 spiro atoms. The van der Waals surface area contributed by atoms with Crippen LogP contribution in [-0.4, -0.2) is 21.7 Å². The quantitative estimate of drug-likeness (QED) is 0.588. The number of rotatable bonds is 3. The largest absolute Gasteiger partial charge is 0.416 e. The molecule has 0 bridgehead atoms. The Balaban J connectivity index is 1.81.